The van der Waals surface area contributed by atoms with Gasteiger partial charge < -0.3 is 15.7 Å². The third-order valence-corrected chi connectivity index (χ3v) is 2.95. The third-order valence-electron chi connectivity index (χ3n) is 2.95. The highest BCUT2D eigenvalue weighted by Crippen LogP contribution is 2.12. The number of rotatable bonds is 9. The molecule has 0 aromatic heterocycles. The van der Waals surface area contributed by atoms with Gasteiger partial charge in [0.15, 0.2) is 0 Å². The van der Waals surface area contributed by atoms with Crippen molar-refractivity contribution in [2.45, 2.75) is 39.0 Å². The first kappa shape index (κ1) is 17.7. The van der Waals surface area contributed by atoms with Crippen LogP contribution in [0.2, 0.25) is 0 Å². The molecule has 1 rings (SSSR count). The monoisotopic (exact) mass is 306 g/mol. The van der Waals surface area contributed by atoms with Gasteiger partial charge in [-0.1, -0.05) is 19.1 Å². The number of carbonyl (C=O) groups is 3. The van der Waals surface area contributed by atoms with Gasteiger partial charge in [-0.3, -0.25) is 14.4 Å². The van der Waals surface area contributed by atoms with Crippen LogP contribution in [0.5, 0.6) is 0 Å². The van der Waals surface area contributed by atoms with Gasteiger partial charge in [-0.15, -0.1) is 0 Å². The van der Waals surface area contributed by atoms with E-state index in [1.165, 1.54) is 0 Å². The van der Waals surface area contributed by atoms with Gasteiger partial charge in [-0.25, -0.2) is 0 Å². The largest absolute Gasteiger partial charge is 0.481 e. The van der Waals surface area contributed by atoms with Crippen LogP contribution >= 0.6 is 0 Å². The van der Waals surface area contributed by atoms with Crippen LogP contribution in [0.4, 0.5) is 5.69 Å². The van der Waals surface area contributed by atoms with Crippen molar-refractivity contribution in [3.05, 3.63) is 29.8 Å². The van der Waals surface area contributed by atoms with Crippen LogP contribution in [-0.4, -0.2) is 29.4 Å². The molecule has 0 saturated heterocycles. The lowest BCUT2D eigenvalue weighted by atomic mass is 10.1. The van der Waals surface area contributed by atoms with Crippen molar-refractivity contribution in [1.29, 1.82) is 0 Å². The highest BCUT2D eigenvalue weighted by molar-refractivity contribution is 5.91. The normalized spacial score (nSPS) is 10.0. The van der Waals surface area contributed by atoms with E-state index in [-0.39, 0.29) is 24.7 Å². The van der Waals surface area contributed by atoms with Crippen LogP contribution in [0.1, 0.15) is 38.2 Å². The Hall–Kier alpha value is -2.37. The van der Waals surface area contributed by atoms with Gasteiger partial charge in [-0.2, -0.15) is 0 Å². The molecular weight excluding hydrogens is 284 g/mol. The maximum Gasteiger partial charge on any atom is 0.307 e. The Labute approximate surface area is 129 Å². The summed E-state index contributed by atoms with van der Waals surface area (Å²) in [5.41, 5.74) is 1.20. The van der Waals surface area contributed by atoms with E-state index in [0.29, 0.717) is 30.6 Å². The molecule has 0 saturated carbocycles. The van der Waals surface area contributed by atoms with Crippen molar-refractivity contribution in [3.8, 4) is 0 Å². The van der Waals surface area contributed by atoms with Gasteiger partial charge in [0, 0.05) is 25.1 Å². The molecule has 0 radical (unpaired) electrons. The van der Waals surface area contributed by atoms with Crippen molar-refractivity contribution in [1.82, 2.24) is 5.32 Å². The number of amides is 2. The van der Waals surface area contributed by atoms with E-state index >= 15 is 0 Å². The van der Waals surface area contributed by atoms with Gasteiger partial charge in [0.1, 0.15) is 0 Å². The van der Waals surface area contributed by atoms with Crippen LogP contribution in [0.25, 0.3) is 0 Å². The van der Waals surface area contributed by atoms with Gasteiger partial charge in [0.25, 0.3) is 0 Å². The SMILES string of the molecule is CCCNC(=O)CCCC(=O)Nc1cccc(CC(=O)O)c1. The Morgan fingerprint density at radius 2 is 1.86 bits per heavy atom. The lowest BCUT2D eigenvalue weighted by molar-refractivity contribution is -0.136. The Bertz CT molecular complexity index is 529. The highest BCUT2D eigenvalue weighted by atomic mass is 16.4. The van der Waals surface area contributed by atoms with E-state index in [1.54, 1.807) is 24.3 Å². The van der Waals surface area contributed by atoms with Crippen molar-refractivity contribution >= 4 is 23.5 Å². The molecule has 6 heteroatoms. The summed E-state index contributed by atoms with van der Waals surface area (Å²) in [6, 6.07) is 6.74. The molecule has 2 amide bonds. The fourth-order valence-electron chi connectivity index (χ4n) is 1.92. The number of benzene rings is 1. The summed E-state index contributed by atoms with van der Waals surface area (Å²) < 4.78 is 0. The highest BCUT2D eigenvalue weighted by Gasteiger charge is 2.07. The lowest BCUT2D eigenvalue weighted by Gasteiger charge is -2.07. The summed E-state index contributed by atoms with van der Waals surface area (Å²) in [5, 5.41) is 14.2. The summed E-state index contributed by atoms with van der Waals surface area (Å²) >= 11 is 0. The molecule has 0 spiro atoms. The van der Waals surface area contributed by atoms with Gasteiger partial charge in [-0.05, 0) is 30.5 Å². The maximum atomic E-state index is 11.8. The molecule has 6 nitrogen and oxygen atoms in total. The average molecular weight is 306 g/mol. The van der Waals surface area contributed by atoms with Gasteiger partial charge in [0.2, 0.25) is 11.8 Å². The van der Waals surface area contributed by atoms with E-state index in [4.69, 9.17) is 5.11 Å². The van der Waals surface area contributed by atoms with Crippen molar-refractivity contribution < 1.29 is 19.5 Å². The minimum Gasteiger partial charge on any atom is -0.481 e. The molecule has 120 valence electrons. The number of carbonyl (C=O) groups excluding carboxylic acids is 2. The molecule has 0 bridgehead atoms. The third kappa shape index (κ3) is 7.42. The Morgan fingerprint density at radius 1 is 1.14 bits per heavy atom. The number of anilines is 1. The molecule has 0 aliphatic rings. The molecule has 3 N–H and O–H groups in total. The quantitative estimate of drug-likeness (QED) is 0.650. The number of hydrogen-bond acceptors (Lipinski definition) is 3. The molecule has 0 aliphatic carbocycles. The lowest BCUT2D eigenvalue weighted by Crippen LogP contribution is -2.24. The second-order valence-electron chi connectivity index (χ2n) is 5.02. The zero-order valence-corrected chi connectivity index (χ0v) is 12.7. The van der Waals surface area contributed by atoms with E-state index in [1.807, 2.05) is 6.92 Å². The zero-order valence-electron chi connectivity index (χ0n) is 12.7. The number of hydrogen-bond donors (Lipinski definition) is 3. The minimum absolute atomic E-state index is 0.0434. The summed E-state index contributed by atoms with van der Waals surface area (Å²) in [4.78, 5) is 33.8. The Morgan fingerprint density at radius 3 is 2.55 bits per heavy atom. The van der Waals surface area contributed by atoms with Gasteiger partial charge in [0.05, 0.1) is 6.42 Å². The molecule has 0 atom stereocenters. The molecule has 0 unspecified atom stereocenters. The van der Waals surface area contributed by atoms with Crippen molar-refractivity contribution in [2.75, 3.05) is 11.9 Å². The predicted octanol–water partition coefficient (Wildman–Crippen LogP) is 1.95. The van der Waals surface area contributed by atoms with Crippen LogP contribution in [0.3, 0.4) is 0 Å². The van der Waals surface area contributed by atoms with Crippen LogP contribution in [-0.2, 0) is 20.8 Å². The molecular formula is C16H22N2O4. The number of aliphatic carboxylic acids is 1. The van der Waals surface area contributed by atoms with Crippen molar-refractivity contribution in [3.63, 3.8) is 0 Å². The Balaban J connectivity index is 2.35. The second kappa shape index (κ2) is 9.55. The molecule has 0 heterocycles. The number of carboxylic acid groups (broad SMARTS) is 1. The van der Waals surface area contributed by atoms with Crippen LogP contribution in [0.15, 0.2) is 24.3 Å². The molecule has 22 heavy (non-hydrogen) atoms. The van der Waals surface area contributed by atoms with E-state index in [9.17, 15) is 14.4 Å². The first-order valence-corrected chi connectivity index (χ1v) is 7.38. The van der Waals surface area contributed by atoms with Crippen LogP contribution in [0, 0.1) is 0 Å². The molecule has 0 aliphatic heterocycles. The molecule has 1 aromatic rings. The first-order valence-electron chi connectivity index (χ1n) is 7.38. The summed E-state index contributed by atoms with van der Waals surface area (Å²) in [6.07, 6.45) is 1.87. The second-order valence-corrected chi connectivity index (χ2v) is 5.02. The summed E-state index contributed by atoms with van der Waals surface area (Å²) in [7, 11) is 0. The van der Waals surface area contributed by atoms with Crippen molar-refractivity contribution in [2.24, 2.45) is 0 Å². The number of nitrogens with one attached hydrogen (secondary N) is 2. The maximum absolute atomic E-state index is 11.8. The smallest absolute Gasteiger partial charge is 0.307 e. The summed E-state index contributed by atoms with van der Waals surface area (Å²) in [6.45, 7) is 2.63. The van der Waals surface area contributed by atoms with Gasteiger partial charge >= 0.3 is 5.97 Å². The fourth-order valence-corrected chi connectivity index (χ4v) is 1.92. The zero-order chi connectivity index (χ0) is 16.4. The molecule has 1 aromatic carbocycles. The summed E-state index contributed by atoms with van der Waals surface area (Å²) in [5.74, 6) is -1.14. The number of carboxylic acids is 1. The minimum atomic E-state index is -0.915. The molecule has 0 fully saturated rings. The first-order chi connectivity index (χ1) is 10.5. The van der Waals surface area contributed by atoms with Crippen LogP contribution < -0.4 is 10.6 Å². The standard InChI is InChI=1S/C16H22N2O4/c1-2-9-17-14(19)7-4-8-15(20)18-13-6-3-5-12(10-13)11-16(21)22/h3,5-6,10H,2,4,7-9,11H2,1H3,(H,17,19)(H,18,20)(H,21,22). The van der Waals surface area contributed by atoms with E-state index in [2.05, 4.69) is 10.6 Å². The average Bonchev–Trinajstić information content (AvgIpc) is 2.44. The fraction of sp³-hybridized carbons (Fsp3) is 0.438. The Kier molecular flexibility index (Phi) is 7.67. The predicted molar refractivity (Wildman–Crippen MR) is 83.6 cm³/mol. The topological polar surface area (TPSA) is 95.5 Å². The van der Waals surface area contributed by atoms with E-state index < -0.39 is 5.97 Å². The van der Waals surface area contributed by atoms with E-state index in [0.717, 1.165) is 6.42 Å².